The summed E-state index contributed by atoms with van der Waals surface area (Å²) >= 11 is 5.99. The molecule has 0 aliphatic rings. The number of nitrogens with zero attached hydrogens (tertiary/aromatic N) is 2. The molecule has 0 saturated heterocycles. The van der Waals surface area contributed by atoms with Gasteiger partial charge in [-0.2, -0.15) is 8.78 Å². The van der Waals surface area contributed by atoms with Crippen molar-refractivity contribution in [2.24, 2.45) is 0 Å². The van der Waals surface area contributed by atoms with Gasteiger partial charge in [0.15, 0.2) is 5.15 Å². The van der Waals surface area contributed by atoms with Gasteiger partial charge in [-0.3, -0.25) is 4.79 Å². The zero-order valence-corrected chi connectivity index (χ0v) is 14.9. The SMILES string of the molecule is Cc1ccc(C(F)(F)CNC(=O)c2c(Cl)nnc3ccccc23)c(C)c1. The zero-order valence-electron chi connectivity index (χ0n) is 14.2. The predicted molar refractivity (Wildman–Crippen MR) is 96.7 cm³/mol. The van der Waals surface area contributed by atoms with Crippen LogP contribution in [0.25, 0.3) is 10.9 Å². The molecular formula is C19H16ClF2N3O. The summed E-state index contributed by atoms with van der Waals surface area (Å²) < 4.78 is 29.1. The van der Waals surface area contributed by atoms with Crippen molar-refractivity contribution >= 4 is 28.4 Å². The highest BCUT2D eigenvalue weighted by molar-refractivity contribution is 6.34. The molecule has 0 fully saturated rings. The number of hydrogen-bond donors (Lipinski definition) is 1. The van der Waals surface area contributed by atoms with Crippen LogP contribution in [0.15, 0.2) is 42.5 Å². The first-order valence-corrected chi connectivity index (χ1v) is 8.32. The first-order chi connectivity index (χ1) is 12.3. The predicted octanol–water partition coefficient (Wildman–Crippen LogP) is 4.42. The molecule has 7 heteroatoms. The van der Waals surface area contributed by atoms with Gasteiger partial charge in [-0.1, -0.05) is 53.6 Å². The summed E-state index contributed by atoms with van der Waals surface area (Å²) in [5, 5.41) is 10.2. The molecular weight excluding hydrogens is 360 g/mol. The van der Waals surface area contributed by atoms with Crippen LogP contribution < -0.4 is 5.32 Å². The summed E-state index contributed by atoms with van der Waals surface area (Å²) in [5.41, 5.74) is 1.74. The quantitative estimate of drug-likeness (QED) is 0.734. The van der Waals surface area contributed by atoms with Crippen molar-refractivity contribution in [3.05, 3.63) is 69.9 Å². The third-order valence-corrected chi connectivity index (χ3v) is 4.36. The van der Waals surface area contributed by atoms with Crippen molar-refractivity contribution in [1.82, 2.24) is 15.5 Å². The van der Waals surface area contributed by atoms with Crippen molar-refractivity contribution in [2.75, 3.05) is 6.54 Å². The molecule has 0 spiro atoms. The van der Waals surface area contributed by atoms with Gasteiger partial charge in [-0.25, -0.2) is 0 Å². The van der Waals surface area contributed by atoms with Gasteiger partial charge >= 0.3 is 0 Å². The van der Waals surface area contributed by atoms with Crippen LogP contribution in [-0.2, 0) is 5.92 Å². The van der Waals surface area contributed by atoms with E-state index in [0.29, 0.717) is 16.5 Å². The molecule has 0 saturated carbocycles. The third-order valence-electron chi connectivity index (χ3n) is 4.10. The minimum absolute atomic E-state index is 0.0358. The Morgan fingerprint density at radius 1 is 1.15 bits per heavy atom. The average molecular weight is 376 g/mol. The number of aryl methyl sites for hydroxylation is 2. The molecule has 3 rings (SSSR count). The number of aromatic nitrogens is 2. The highest BCUT2D eigenvalue weighted by Gasteiger charge is 2.34. The number of carbonyl (C=O) groups excluding carboxylic acids is 1. The number of alkyl halides is 2. The maximum Gasteiger partial charge on any atom is 0.290 e. The van der Waals surface area contributed by atoms with E-state index in [-0.39, 0.29) is 16.3 Å². The Bertz CT molecular complexity index is 992. The van der Waals surface area contributed by atoms with Crippen LogP contribution in [0.5, 0.6) is 0 Å². The van der Waals surface area contributed by atoms with Gasteiger partial charge in [0.2, 0.25) is 0 Å². The minimum Gasteiger partial charge on any atom is -0.345 e. The number of amides is 1. The number of nitrogens with one attached hydrogen (secondary N) is 1. The van der Waals surface area contributed by atoms with Gasteiger partial charge in [0.1, 0.15) is 0 Å². The van der Waals surface area contributed by atoms with E-state index in [1.54, 1.807) is 43.3 Å². The molecule has 0 bridgehead atoms. The van der Waals surface area contributed by atoms with Crippen molar-refractivity contribution in [2.45, 2.75) is 19.8 Å². The Balaban J connectivity index is 1.86. The van der Waals surface area contributed by atoms with Crippen LogP contribution in [0.2, 0.25) is 5.15 Å². The van der Waals surface area contributed by atoms with Gasteiger partial charge in [0, 0.05) is 10.9 Å². The smallest absolute Gasteiger partial charge is 0.290 e. The molecule has 0 atom stereocenters. The number of fused-ring (bicyclic) bond motifs is 1. The number of benzene rings is 2. The summed E-state index contributed by atoms with van der Waals surface area (Å²) in [6.45, 7) is 2.61. The highest BCUT2D eigenvalue weighted by Crippen LogP contribution is 2.31. The minimum atomic E-state index is -3.21. The average Bonchev–Trinajstić information content (AvgIpc) is 2.59. The molecule has 2 aromatic carbocycles. The Kier molecular flexibility index (Phi) is 4.87. The van der Waals surface area contributed by atoms with Crippen molar-refractivity contribution in [3.8, 4) is 0 Å². The molecule has 0 aliphatic carbocycles. The second-order valence-corrected chi connectivity index (χ2v) is 6.45. The van der Waals surface area contributed by atoms with Crippen LogP contribution in [-0.4, -0.2) is 22.6 Å². The monoisotopic (exact) mass is 375 g/mol. The van der Waals surface area contributed by atoms with Crippen molar-refractivity contribution in [3.63, 3.8) is 0 Å². The Morgan fingerprint density at radius 2 is 1.88 bits per heavy atom. The van der Waals surface area contributed by atoms with Gasteiger partial charge < -0.3 is 5.32 Å². The normalized spacial score (nSPS) is 11.6. The molecule has 1 amide bonds. The molecule has 0 aliphatic heterocycles. The maximum absolute atomic E-state index is 14.6. The fourth-order valence-electron chi connectivity index (χ4n) is 2.85. The lowest BCUT2D eigenvalue weighted by atomic mass is 10.00. The number of rotatable bonds is 4. The lowest BCUT2D eigenvalue weighted by Gasteiger charge is -2.20. The van der Waals surface area contributed by atoms with Crippen molar-refractivity contribution < 1.29 is 13.6 Å². The van der Waals surface area contributed by atoms with Crippen LogP contribution in [0.1, 0.15) is 27.0 Å². The van der Waals surface area contributed by atoms with E-state index in [0.717, 1.165) is 5.56 Å². The first-order valence-electron chi connectivity index (χ1n) is 7.94. The lowest BCUT2D eigenvalue weighted by Crippen LogP contribution is -2.35. The highest BCUT2D eigenvalue weighted by atomic mass is 35.5. The van der Waals surface area contributed by atoms with E-state index >= 15 is 0 Å². The number of carbonyl (C=O) groups is 1. The standard InChI is InChI=1S/C19H16ClF2N3O/c1-11-7-8-14(12(2)9-11)19(21,22)10-23-18(26)16-13-5-3-4-6-15(13)24-25-17(16)20/h3-9H,10H2,1-2H3,(H,23,26). The van der Waals surface area contributed by atoms with Crippen molar-refractivity contribution in [1.29, 1.82) is 0 Å². The van der Waals surface area contributed by atoms with E-state index in [4.69, 9.17) is 11.6 Å². The second kappa shape index (κ2) is 6.96. The maximum atomic E-state index is 14.6. The summed E-state index contributed by atoms with van der Waals surface area (Å²) in [5.74, 6) is -3.93. The zero-order chi connectivity index (χ0) is 18.9. The van der Waals surface area contributed by atoms with Crippen LogP contribution in [0.4, 0.5) is 8.78 Å². The summed E-state index contributed by atoms with van der Waals surface area (Å²) in [6.07, 6.45) is 0. The second-order valence-electron chi connectivity index (χ2n) is 6.09. The molecule has 3 aromatic rings. The molecule has 1 N–H and O–H groups in total. The van der Waals surface area contributed by atoms with E-state index in [9.17, 15) is 13.6 Å². The summed E-state index contributed by atoms with van der Waals surface area (Å²) in [6, 6.07) is 11.4. The first kappa shape index (κ1) is 18.2. The molecule has 1 heterocycles. The van der Waals surface area contributed by atoms with Gasteiger partial charge in [0.05, 0.1) is 17.6 Å². The van der Waals surface area contributed by atoms with Gasteiger partial charge in [0.25, 0.3) is 11.8 Å². The number of halogens is 3. The molecule has 134 valence electrons. The van der Waals surface area contributed by atoms with Crippen LogP contribution in [0.3, 0.4) is 0 Å². The fourth-order valence-corrected chi connectivity index (χ4v) is 3.07. The number of hydrogen-bond acceptors (Lipinski definition) is 3. The van der Waals surface area contributed by atoms with E-state index in [1.165, 1.54) is 6.07 Å². The largest absolute Gasteiger partial charge is 0.345 e. The van der Waals surface area contributed by atoms with Crippen LogP contribution >= 0.6 is 11.6 Å². The molecule has 0 radical (unpaired) electrons. The fraction of sp³-hybridized carbons (Fsp3) is 0.211. The Hall–Kier alpha value is -2.60. The van der Waals surface area contributed by atoms with E-state index in [1.807, 2.05) is 6.92 Å². The van der Waals surface area contributed by atoms with Gasteiger partial charge in [-0.15, -0.1) is 10.2 Å². The summed E-state index contributed by atoms with van der Waals surface area (Å²) in [4.78, 5) is 12.5. The van der Waals surface area contributed by atoms with Crippen LogP contribution in [0, 0.1) is 13.8 Å². The molecule has 26 heavy (non-hydrogen) atoms. The molecule has 0 unspecified atom stereocenters. The van der Waals surface area contributed by atoms with E-state index in [2.05, 4.69) is 15.5 Å². The van der Waals surface area contributed by atoms with E-state index < -0.39 is 18.4 Å². The Labute approximate surface area is 154 Å². The third kappa shape index (κ3) is 3.51. The molecule has 1 aromatic heterocycles. The molecule has 4 nitrogen and oxygen atoms in total. The topological polar surface area (TPSA) is 54.9 Å². The van der Waals surface area contributed by atoms with Gasteiger partial charge in [-0.05, 0) is 25.5 Å². The summed E-state index contributed by atoms with van der Waals surface area (Å²) in [7, 11) is 0. The Morgan fingerprint density at radius 3 is 2.62 bits per heavy atom. The lowest BCUT2D eigenvalue weighted by molar-refractivity contribution is -0.00306.